The second kappa shape index (κ2) is 7.46. The number of likely N-dealkylation sites (tertiary alicyclic amines) is 1. The van der Waals surface area contributed by atoms with Gasteiger partial charge in [0.25, 0.3) is 0 Å². The highest BCUT2D eigenvalue weighted by Gasteiger charge is 2.36. The fourth-order valence-electron chi connectivity index (χ4n) is 4.32. The maximum atomic E-state index is 3.82. The normalized spacial score (nSPS) is 27.1. The van der Waals surface area contributed by atoms with E-state index in [2.05, 4.69) is 37.9 Å². The summed E-state index contributed by atoms with van der Waals surface area (Å²) < 4.78 is 0. The molecule has 2 heteroatoms. The summed E-state index contributed by atoms with van der Waals surface area (Å²) >= 11 is 0. The van der Waals surface area contributed by atoms with Gasteiger partial charge in [0.15, 0.2) is 0 Å². The fraction of sp³-hybridized carbons (Fsp3) is 1.00. The Morgan fingerprint density at radius 3 is 2.48 bits per heavy atom. The van der Waals surface area contributed by atoms with Gasteiger partial charge in [0.2, 0.25) is 0 Å². The van der Waals surface area contributed by atoms with Crippen LogP contribution < -0.4 is 5.32 Å². The predicted molar refractivity (Wildman–Crippen MR) is 92.7 cm³/mol. The Bertz CT molecular complexity index is 299. The Balaban J connectivity index is 1.90. The van der Waals surface area contributed by atoms with Crippen LogP contribution in [0.3, 0.4) is 0 Å². The van der Waals surface area contributed by atoms with Crippen LogP contribution in [0.1, 0.15) is 79.1 Å². The van der Waals surface area contributed by atoms with Crippen molar-refractivity contribution >= 4 is 0 Å². The van der Waals surface area contributed by atoms with Crippen molar-refractivity contribution in [2.45, 2.75) is 84.6 Å². The number of nitrogens with one attached hydrogen (secondary N) is 1. The molecule has 1 saturated heterocycles. The van der Waals surface area contributed by atoms with Crippen molar-refractivity contribution < 1.29 is 0 Å². The van der Waals surface area contributed by atoms with E-state index in [-0.39, 0.29) is 5.54 Å². The zero-order valence-electron chi connectivity index (χ0n) is 15.0. The molecule has 1 unspecified atom stereocenters. The molecule has 1 atom stereocenters. The van der Waals surface area contributed by atoms with Gasteiger partial charge < -0.3 is 10.2 Å². The zero-order chi connectivity index (χ0) is 15.3. The first kappa shape index (κ1) is 17.3. The third kappa shape index (κ3) is 5.56. The standard InChI is InChI=1S/C19H38N2/c1-5-9-17-10-13-21(14-17)16-19(11-7-6-8-12-19)15-20-18(2,3)4/h17,20H,5-16H2,1-4H3. The number of rotatable bonds is 6. The highest BCUT2D eigenvalue weighted by Crippen LogP contribution is 2.38. The molecule has 21 heavy (non-hydrogen) atoms. The minimum Gasteiger partial charge on any atom is -0.311 e. The second-order valence-electron chi connectivity index (χ2n) is 8.84. The second-order valence-corrected chi connectivity index (χ2v) is 8.84. The molecule has 0 aromatic rings. The van der Waals surface area contributed by atoms with Crippen molar-refractivity contribution in [3.63, 3.8) is 0 Å². The molecule has 1 heterocycles. The molecule has 1 saturated carbocycles. The van der Waals surface area contributed by atoms with Crippen molar-refractivity contribution in [2.75, 3.05) is 26.2 Å². The molecule has 1 N–H and O–H groups in total. The lowest BCUT2D eigenvalue weighted by molar-refractivity contribution is 0.106. The van der Waals surface area contributed by atoms with Crippen LogP contribution >= 0.6 is 0 Å². The first-order chi connectivity index (χ1) is 9.92. The molecule has 2 fully saturated rings. The Morgan fingerprint density at radius 2 is 1.86 bits per heavy atom. The van der Waals surface area contributed by atoms with Gasteiger partial charge in [0.1, 0.15) is 0 Å². The Kier molecular flexibility index (Phi) is 6.14. The summed E-state index contributed by atoms with van der Waals surface area (Å²) in [6.07, 6.45) is 11.4. The lowest BCUT2D eigenvalue weighted by Gasteiger charge is -2.42. The summed E-state index contributed by atoms with van der Waals surface area (Å²) in [5, 5.41) is 3.82. The van der Waals surface area contributed by atoms with Crippen LogP contribution in [0.2, 0.25) is 0 Å². The Morgan fingerprint density at radius 1 is 1.14 bits per heavy atom. The number of hydrogen-bond donors (Lipinski definition) is 1. The highest BCUT2D eigenvalue weighted by atomic mass is 15.2. The van der Waals surface area contributed by atoms with Crippen LogP contribution in [0.15, 0.2) is 0 Å². The van der Waals surface area contributed by atoms with Gasteiger partial charge in [0, 0.05) is 25.2 Å². The van der Waals surface area contributed by atoms with Gasteiger partial charge in [-0.05, 0) is 64.3 Å². The summed E-state index contributed by atoms with van der Waals surface area (Å²) in [5.41, 5.74) is 0.798. The van der Waals surface area contributed by atoms with E-state index < -0.39 is 0 Å². The smallest absolute Gasteiger partial charge is 0.00967 e. The minimum atomic E-state index is 0.250. The average molecular weight is 295 g/mol. The predicted octanol–water partition coefficient (Wildman–Crippen LogP) is 4.45. The van der Waals surface area contributed by atoms with Gasteiger partial charge in [0.05, 0.1) is 0 Å². The molecule has 0 radical (unpaired) electrons. The molecule has 124 valence electrons. The summed E-state index contributed by atoms with van der Waals surface area (Å²) in [7, 11) is 0. The third-order valence-corrected chi connectivity index (χ3v) is 5.53. The summed E-state index contributed by atoms with van der Waals surface area (Å²) in [6.45, 7) is 14.5. The average Bonchev–Trinajstić information content (AvgIpc) is 2.85. The lowest BCUT2D eigenvalue weighted by atomic mass is 9.73. The molecule has 2 nitrogen and oxygen atoms in total. The fourth-order valence-corrected chi connectivity index (χ4v) is 4.32. The first-order valence-corrected chi connectivity index (χ1v) is 9.40. The molecule has 0 aromatic carbocycles. The van der Waals surface area contributed by atoms with E-state index in [1.165, 1.54) is 77.5 Å². The highest BCUT2D eigenvalue weighted by molar-refractivity contribution is 4.91. The molecule has 0 amide bonds. The first-order valence-electron chi connectivity index (χ1n) is 9.40. The minimum absolute atomic E-state index is 0.250. The molecule has 1 aliphatic heterocycles. The molecule has 0 spiro atoms. The SMILES string of the molecule is CCCC1CCN(CC2(CNC(C)(C)C)CCCCC2)C1. The maximum absolute atomic E-state index is 3.82. The van der Waals surface area contributed by atoms with Gasteiger partial charge in [-0.2, -0.15) is 0 Å². The summed E-state index contributed by atoms with van der Waals surface area (Å²) in [5.74, 6) is 0.978. The molecule has 0 aromatic heterocycles. The zero-order valence-corrected chi connectivity index (χ0v) is 15.0. The molecule has 2 rings (SSSR count). The molecular weight excluding hydrogens is 256 g/mol. The van der Waals surface area contributed by atoms with E-state index in [4.69, 9.17) is 0 Å². The van der Waals surface area contributed by atoms with E-state index in [0.29, 0.717) is 5.41 Å². The van der Waals surface area contributed by atoms with Crippen molar-refractivity contribution in [3.05, 3.63) is 0 Å². The summed E-state index contributed by atoms with van der Waals surface area (Å²) in [4.78, 5) is 2.79. The van der Waals surface area contributed by atoms with Crippen molar-refractivity contribution in [3.8, 4) is 0 Å². The monoisotopic (exact) mass is 294 g/mol. The Labute approximate surface area is 133 Å². The van der Waals surface area contributed by atoms with Crippen LogP contribution in [0.4, 0.5) is 0 Å². The van der Waals surface area contributed by atoms with Gasteiger partial charge >= 0.3 is 0 Å². The van der Waals surface area contributed by atoms with E-state index in [1.807, 2.05) is 0 Å². The van der Waals surface area contributed by atoms with E-state index in [1.54, 1.807) is 0 Å². The van der Waals surface area contributed by atoms with Crippen molar-refractivity contribution in [2.24, 2.45) is 11.3 Å². The van der Waals surface area contributed by atoms with Gasteiger partial charge in [-0.15, -0.1) is 0 Å². The summed E-state index contributed by atoms with van der Waals surface area (Å²) in [6, 6.07) is 0. The van der Waals surface area contributed by atoms with Crippen LogP contribution in [-0.4, -0.2) is 36.6 Å². The van der Waals surface area contributed by atoms with Crippen LogP contribution in [-0.2, 0) is 0 Å². The number of hydrogen-bond acceptors (Lipinski definition) is 2. The van der Waals surface area contributed by atoms with Crippen molar-refractivity contribution in [1.82, 2.24) is 10.2 Å². The topological polar surface area (TPSA) is 15.3 Å². The molecule has 0 bridgehead atoms. The van der Waals surface area contributed by atoms with Crippen LogP contribution in [0.5, 0.6) is 0 Å². The molecule has 2 aliphatic rings. The quantitative estimate of drug-likeness (QED) is 0.778. The van der Waals surface area contributed by atoms with Crippen LogP contribution in [0.25, 0.3) is 0 Å². The van der Waals surface area contributed by atoms with Gasteiger partial charge in [-0.25, -0.2) is 0 Å². The molecule has 1 aliphatic carbocycles. The van der Waals surface area contributed by atoms with Crippen LogP contribution in [0, 0.1) is 11.3 Å². The van der Waals surface area contributed by atoms with E-state index in [0.717, 1.165) is 5.92 Å². The molecular formula is C19H38N2. The lowest BCUT2D eigenvalue weighted by Crippen LogP contribution is -2.49. The Hall–Kier alpha value is -0.0800. The van der Waals surface area contributed by atoms with Gasteiger partial charge in [-0.1, -0.05) is 32.6 Å². The maximum Gasteiger partial charge on any atom is 0.00967 e. The van der Waals surface area contributed by atoms with E-state index in [9.17, 15) is 0 Å². The largest absolute Gasteiger partial charge is 0.311 e. The van der Waals surface area contributed by atoms with E-state index >= 15 is 0 Å². The number of nitrogens with zero attached hydrogens (tertiary/aromatic N) is 1. The van der Waals surface area contributed by atoms with Gasteiger partial charge in [-0.3, -0.25) is 0 Å². The third-order valence-electron chi connectivity index (χ3n) is 5.53. The van der Waals surface area contributed by atoms with Crippen molar-refractivity contribution in [1.29, 1.82) is 0 Å².